The average Bonchev–Trinajstić information content (AvgIpc) is 2.66. The fraction of sp³-hybridized carbons (Fsp3) is 0.800. The molecule has 1 aromatic rings. The van der Waals surface area contributed by atoms with E-state index in [4.69, 9.17) is 5.73 Å². The molecule has 19 heavy (non-hydrogen) atoms. The second-order valence-corrected chi connectivity index (χ2v) is 7.04. The molecular weight excluding hydrogens is 302 g/mol. The maximum atomic E-state index is 6.15. The second kappa shape index (κ2) is 5.96. The van der Waals surface area contributed by atoms with Crippen LogP contribution < -0.4 is 5.73 Å². The quantitative estimate of drug-likeness (QED) is 0.916. The minimum Gasteiger partial charge on any atom is -0.330 e. The van der Waals surface area contributed by atoms with Crippen LogP contribution in [0.5, 0.6) is 0 Å². The summed E-state index contributed by atoms with van der Waals surface area (Å²) >= 11 is 3.71. The van der Waals surface area contributed by atoms with E-state index in [1.165, 1.54) is 35.8 Å². The number of aromatic nitrogens is 2. The van der Waals surface area contributed by atoms with Crippen LogP contribution in [-0.4, -0.2) is 16.3 Å². The van der Waals surface area contributed by atoms with Gasteiger partial charge in [0.2, 0.25) is 0 Å². The lowest BCUT2D eigenvalue weighted by Crippen LogP contribution is -2.38. The van der Waals surface area contributed by atoms with E-state index in [2.05, 4.69) is 46.5 Å². The Morgan fingerprint density at radius 3 is 2.84 bits per heavy atom. The number of rotatable bonds is 4. The molecule has 0 amide bonds. The Labute approximate surface area is 125 Å². The summed E-state index contributed by atoms with van der Waals surface area (Å²) in [4.78, 5) is 0. The number of nitrogens with two attached hydrogens (primary N) is 1. The zero-order valence-electron chi connectivity index (χ0n) is 12.4. The summed E-state index contributed by atoms with van der Waals surface area (Å²) in [5, 5.41) is 4.61. The van der Waals surface area contributed by atoms with Crippen molar-refractivity contribution in [2.45, 2.75) is 59.4 Å². The first-order valence-electron chi connectivity index (χ1n) is 7.43. The summed E-state index contributed by atoms with van der Waals surface area (Å²) in [7, 11) is 0. The first-order chi connectivity index (χ1) is 9.01. The van der Waals surface area contributed by atoms with Crippen LogP contribution in [0.3, 0.4) is 0 Å². The SMILES string of the molecule is CCn1nc(C)c(Br)c1CC1(CN)CCCC(C)C1. The molecule has 2 atom stereocenters. The molecule has 2 N–H and O–H groups in total. The Bertz CT molecular complexity index is 441. The van der Waals surface area contributed by atoms with Crippen molar-refractivity contribution in [3.05, 3.63) is 15.9 Å². The highest BCUT2D eigenvalue weighted by Crippen LogP contribution is 2.42. The molecule has 0 aliphatic heterocycles. The van der Waals surface area contributed by atoms with Gasteiger partial charge in [0.25, 0.3) is 0 Å². The summed E-state index contributed by atoms with van der Waals surface area (Å²) in [5.41, 5.74) is 8.85. The first-order valence-corrected chi connectivity index (χ1v) is 8.22. The normalized spacial score (nSPS) is 27.7. The van der Waals surface area contributed by atoms with Crippen molar-refractivity contribution in [3.8, 4) is 0 Å². The van der Waals surface area contributed by atoms with Crippen molar-refractivity contribution in [1.29, 1.82) is 0 Å². The molecular formula is C15H26BrN3. The molecule has 0 bridgehead atoms. The molecule has 1 aliphatic carbocycles. The lowest BCUT2D eigenvalue weighted by atomic mass is 9.67. The van der Waals surface area contributed by atoms with E-state index in [-0.39, 0.29) is 5.41 Å². The molecule has 1 aromatic heterocycles. The van der Waals surface area contributed by atoms with Gasteiger partial charge in [0.15, 0.2) is 0 Å². The Kier molecular flexibility index (Phi) is 4.72. The van der Waals surface area contributed by atoms with E-state index in [0.717, 1.165) is 31.1 Å². The van der Waals surface area contributed by atoms with E-state index in [0.29, 0.717) is 0 Å². The topological polar surface area (TPSA) is 43.8 Å². The summed E-state index contributed by atoms with van der Waals surface area (Å²) < 4.78 is 3.32. The molecule has 0 radical (unpaired) electrons. The highest BCUT2D eigenvalue weighted by molar-refractivity contribution is 9.10. The van der Waals surface area contributed by atoms with Crippen LogP contribution in [0.15, 0.2) is 4.47 Å². The van der Waals surface area contributed by atoms with Gasteiger partial charge in [-0.2, -0.15) is 5.10 Å². The van der Waals surface area contributed by atoms with Crippen molar-refractivity contribution < 1.29 is 0 Å². The summed E-state index contributed by atoms with van der Waals surface area (Å²) in [6.07, 6.45) is 6.24. The Morgan fingerprint density at radius 1 is 1.53 bits per heavy atom. The third-order valence-electron chi connectivity index (χ3n) is 4.61. The average molecular weight is 328 g/mol. The predicted molar refractivity (Wildman–Crippen MR) is 83.2 cm³/mol. The molecule has 1 fully saturated rings. The smallest absolute Gasteiger partial charge is 0.0738 e. The fourth-order valence-electron chi connectivity index (χ4n) is 3.58. The van der Waals surface area contributed by atoms with Crippen molar-refractivity contribution in [1.82, 2.24) is 9.78 Å². The van der Waals surface area contributed by atoms with Crippen LogP contribution in [0.25, 0.3) is 0 Å². The van der Waals surface area contributed by atoms with E-state index in [1.54, 1.807) is 0 Å². The van der Waals surface area contributed by atoms with Gasteiger partial charge in [0.05, 0.1) is 15.9 Å². The minimum atomic E-state index is 0.277. The maximum Gasteiger partial charge on any atom is 0.0738 e. The van der Waals surface area contributed by atoms with Crippen molar-refractivity contribution in [2.24, 2.45) is 17.1 Å². The standard InChI is InChI=1S/C15H26BrN3/c1-4-19-13(14(16)12(3)18-19)9-15(10-17)7-5-6-11(2)8-15/h11H,4-10,17H2,1-3H3. The molecule has 108 valence electrons. The van der Waals surface area contributed by atoms with Crippen molar-refractivity contribution >= 4 is 15.9 Å². The van der Waals surface area contributed by atoms with Crippen molar-refractivity contribution in [2.75, 3.05) is 6.54 Å². The van der Waals surface area contributed by atoms with E-state index in [1.807, 2.05) is 0 Å². The Balaban J connectivity index is 2.27. The van der Waals surface area contributed by atoms with Gasteiger partial charge in [-0.25, -0.2) is 0 Å². The molecule has 1 heterocycles. The Morgan fingerprint density at radius 2 is 2.26 bits per heavy atom. The molecule has 0 saturated heterocycles. The van der Waals surface area contributed by atoms with Crippen LogP contribution in [0.1, 0.15) is 50.9 Å². The van der Waals surface area contributed by atoms with Crippen LogP contribution in [-0.2, 0) is 13.0 Å². The Hall–Kier alpha value is -0.350. The molecule has 2 rings (SSSR count). The number of hydrogen-bond donors (Lipinski definition) is 1. The number of halogens is 1. The number of nitrogens with zero attached hydrogens (tertiary/aromatic N) is 2. The van der Waals surface area contributed by atoms with E-state index in [9.17, 15) is 0 Å². The van der Waals surface area contributed by atoms with Crippen molar-refractivity contribution in [3.63, 3.8) is 0 Å². The molecule has 3 nitrogen and oxygen atoms in total. The van der Waals surface area contributed by atoms with Crippen LogP contribution in [0.4, 0.5) is 0 Å². The number of hydrogen-bond acceptors (Lipinski definition) is 2. The van der Waals surface area contributed by atoms with Crippen LogP contribution in [0, 0.1) is 18.3 Å². The third-order valence-corrected chi connectivity index (χ3v) is 5.65. The maximum absolute atomic E-state index is 6.15. The van der Waals surface area contributed by atoms with Gasteiger partial charge in [0, 0.05) is 6.54 Å². The van der Waals surface area contributed by atoms with E-state index < -0.39 is 0 Å². The zero-order chi connectivity index (χ0) is 14.0. The number of aryl methyl sites for hydroxylation is 2. The lowest BCUT2D eigenvalue weighted by molar-refractivity contribution is 0.150. The zero-order valence-corrected chi connectivity index (χ0v) is 14.0. The molecule has 4 heteroatoms. The molecule has 1 saturated carbocycles. The van der Waals surface area contributed by atoms with Crippen LogP contribution in [0.2, 0.25) is 0 Å². The van der Waals surface area contributed by atoms with Gasteiger partial charge in [0.1, 0.15) is 0 Å². The van der Waals surface area contributed by atoms with E-state index >= 15 is 0 Å². The second-order valence-electron chi connectivity index (χ2n) is 6.24. The van der Waals surface area contributed by atoms with Gasteiger partial charge in [-0.15, -0.1) is 0 Å². The molecule has 0 aromatic carbocycles. The third kappa shape index (κ3) is 3.05. The van der Waals surface area contributed by atoms with Gasteiger partial charge in [-0.05, 0) is 66.9 Å². The first kappa shape index (κ1) is 15.0. The largest absolute Gasteiger partial charge is 0.330 e. The molecule has 0 spiro atoms. The van der Waals surface area contributed by atoms with Gasteiger partial charge in [-0.1, -0.05) is 19.8 Å². The molecule has 1 aliphatic rings. The van der Waals surface area contributed by atoms with Gasteiger partial charge < -0.3 is 5.73 Å². The summed E-state index contributed by atoms with van der Waals surface area (Å²) in [6.45, 7) is 8.30. The highest BCUT2D eigenvalue weighted by Gasteiger charge is 2.35. The fourth-order valence-corrected chi connectivity index (χ4v) is 4.00. The summed E-state index contributed by atoms with van der Waals surface area (Å²) in [6, 6.07) is 0. The minimum absolute atomic E-state index is 0.277. The predicted octanol–water partition coefficient (Wildman–Crippen LogP) is 3.67. The monoisotopic (exact) mass is 327 g/mol. The lowest BCUT2D eigenvalue weighted by Gasteiger charge is -2.39. The summed E-state index contributed by atoms with van der Waals surface area (Å²) in [5.74, 6) is 0.801. The van der Waals surface area contributed by atoms with Crippen LogP contribution >= 0.6 is 15.9 Å². The van der Waals surface area contributed by atoms with Gasteiger partial charge in [-0.3, -0.25) is 4.68 Å². The van der Waals surface area contributed by atoms with Gasteiger partial charge >= 0.3 is 0 Å². The molecule has 2 unspecified atom stereocenters. The highest BCUT2D eigenvalue weighted by atomic mass is 79.9.